The van der Waals surface area contributed by atoms with Crippen LogP contribution in [0.2, 0.25) is 5.02 Å². The molecule has 0 aliphatic rings. The maximum atomic E-state index is 13.0. The minimum absolute atomic E-state index is 0.228. The summed E-state index contributed by atoms with van der Waals surface area (Å²) in [5, 5.41) is 7.05. The van der Waals surface area contributed by atoms with Crippen LogP contribution in [0.15, 0.2) is 42.6 Å². The zero-order valence-electron chi connectivity index (χ0n) is 18.8. The number of nitrogens with two attached hydrogens (primary N) is 1. The fraction of sp³-hybridized carbons (Fsp3) is 0.261. The average molecular weight is 511 g/mol. The molecule has 1 amide bonds. The van der Waals surface area contributed by atoms with Gasteiger partial charge in [-0.1, -0.05) is 24.6 Å². The lowest BCUT2D eigenvalue weighted by Gasteiger charge is -2.15. The summed E-state index contributed by atoms with van der Waals surface area (Å²) < 4.78 is 50.0. The Morgan fingerprint density at radius 2 is 1.91 bits per heavy atom. The number of rotatable bonds is 8. The average Bonchev–Trinajstić information content (AvgIpc) is 3.14. The van der Waals surface area contributed by atoms with Crippen LogP contribution in [0.5, 0.6) is 11.5 Å². The predicted molar refractivity (Wildman–Crippen MR) is 124 cm³/mol. The van der Waals surface area contributed by atoms with Crippen LogP contribution in [0.25, 0.3) is 11.3 Å². The Balaban J connectivity index is 1.97. The second kappa shape index (κ2) is 10.8. The molecule has 0 unspecified atom stereocenters. The van der Waals surface area contributed by atoms with Crippen LogP contribution in [0.1, 0.15) is 22.8 Å². The van der Waals surface area contributed by atoms with E-state index >= 15 is 0 Å². The van der Waals surface area contributed by atoms with Crippen LogP contribution in [0.3, 0.4) is 0 Å². The third-order valence-electron chi connectivity index (χ3n) is 4.90. The van der Waals surface area contributed by atoms with Crippen molar-refractivity contribution in [1.82, 2.24) is 9.78 Å². The van der Waals surface area contributed by atoms with Crippen molar-refractivity contribution in [2.75, 3.05) is 18.5 Å². The molecule has 0 aliphatic heterocycles. The summed E-state index contributed by atoms with van der Waals surface area (Å²) in [6.45, 7) is 2.26. The summed E-state index contributed by atoms with van der Waals surface area (Å²) in [4.78, 5) is 24.4. The number of carbonyl (C=O) groups is 2. The second-order valence-electron chi connectivity index (χ2n) is 7.34. The summed E-state index contributed by atoms with van der Waals surface area (Å²) in [7, 11) is 1.68. The van der Waals surface area contributed by atoms with Gasteiger partial charge in [-0.2, -0.15) is 18.3 Å². The minimum atomic E-state index is -5.22. The molecular formula is C23H22ClF3N4O4. The highest BCUT2D eigenvalue weighted by atomic mass is 35.5. The number of alkyl halides is 3. The summed E-state index contributed by atoms with van der Waals surface area (Å²) in [5.41, 5.74) is 7.18. The van der Waals surface area contributed by atoms with Gasteiger partial charge in [-0.05, 0) is 42.3 Å². The van der Waals surface area contributed by atoms with E-state index in [2.05, 4.69) is 15.2 Å². The second-order valence-corrected chi connectivity index (χ2v) is 7.75. The van der Waals surface area contributed by atoms with Gasteiger partial charge in [0.15, 0.2) is 0 Å². The van der Waals surface area contributed by atoms with Gasteiger partial charge in [-0.15, -0.1) is 0 Å². The standard InChI is InChI=1S/C23H22ClF3N4O4/c1-3-13-4-6-15(19(10-13)35-22(33)23(25,26)27)21(32)30-14-5-7-18(34-9-8-28)16(11-14)20-17(24)12-29-31(20)2/h4-7,10-12H,3,8-9,28H2,1-2H3,(H,30,32). The van der Waals surface area contributed by atoms with Crippen LogP contribution in [-0.2, 0) is 18.3 Å². The number of ether oxygens (including phenoxy) is 2. The Kier molecular flexibility index (Phi) is 8.03. The number of esters is 1. The summed E-state index contributed by atoms with van der Waals surface area (Å²) >= 11 is 6.28. The first-order valence-corrected chi connectivity index (χ1v) is 10.8. The van der Waals surface area contributed by atoms with Gasteiger partial charge in [-0.25, -0.2) is 4.79 Å². The molecule has 0 aliphatic carbocycles. The molecule has 3 rings (SSSR count). The van der Waals surface area contributed by atoms with E-state index in [0.29, 0.717) is 34.0 Å². The fourth-order valence-corrected chi connectivity index (χ4v) is 3.48. The van der Waals surface area contributed by atoms with Crippen molar-refractivity contribution in [3.05, 3.63) is 58.7 Å². The Labute approximate surface area is 203 Å². The third kappa shape index (κ3) is 6.11. The normalized spacial score (nSPS) is 11.3. The maximum absolute atomic E-state index is 13.0. The molecule has 3 aromatic rings. The highest BCUT2D eigenvalue weighted by Gasteiger charge is 2.42. The number of nitrogens with zero attached hydrogens (tertiary/aromatic N) is 2. The molecule has 0 spiro atoms. The number of aryl methyl sites for hydroxylation is 2. The molecule has 35 heavy (non-hydrogen) atoms. The van der Waals surface area contributed by atoms with Gasteiger partial charge in [0.05, 0.1) is 22.5 Å². The molecule has 8 nitrogen and oxygen atoms in total. The van der Waals surface area contributed by atoms with Crippen molar-refractivity contribution in [2.45, 2.75) is 19.5 Å². The van der Waals surface area contributed by atoms with Crippen LogP contribution in [0.4, 0.5) is 18.9 Å². The Morgan fingerprint density at radius 1 is 1.17 bits per heavy atom. The number of carbonyl (C=O) groups excluding carboxylic acids is 2. The Bertz CT molecular complexity index is 1220. The maximum Gasteiger partial charge on any atom is 0.491 e. The number of nitrogens with one attached hydrogen (secondary N) is 1. The number of benzene rings is 2. The van der Waals surface area contributed by atoms with Crippen molar-refractivity contribution in [3.63, 3.8) is 0 Å². The minimum Gasteiger partial charge on any atom is -0.492 e. The molecule has 0 saturated heterocycles. The van der Waals surface area contributed by atoms with Crippen LogP contribution >= 0.6 is 11.6 Å². The number of amides is 1. The van der Waals surface area contributed by atoms with E-state index in [-0.39, 0.29) is 24.4 Å². The van der Waals surface area contributed by atoms with E-state index in [9.17, 15) is 22.8 Å². The van der Waals surface area contributed by atoms with Crippen molar-refractivity contribution < 1.29 is 32.2 Å². The van der Waals surface area contributed by atoms with Crippen molar-refractivity contribution in [1.29, 1.82) is 0 Å². The molecule has 1 aromatic heterocycles. The summed E-state index contributed by atoms with van der Waals surface area (Å²) in [5.74, 6) is -3.27. The molecule has 0 atom stereocenters. The first-order chi connectivity index (χ1) is 16.5. The third-order valence-corrected chi connectivity index (χ3v) is 5.17. The van der Waals surface area contributed by atoms with Gasteiger partial charge < -0.3 is 20.5 Å². The topological polar surface area (TPSA) is 108 Å². The van der Waals surface area contributed by atoms with Crippen LogP contribution in [-0.4, -0.2) is 41.0 Å². The van der Waals surface area contributed by atoms with Gasteiger partial charge in [0, 0.05) is 24.8 Å². The van der Waals surface area contributed by atoms with Gasteiger partial charge in [0.25, 0.3) is 5.91 Å². The first kappa shape index (κ1) is 26.0. The van der Waals surface area contributed by atoms with Crippen molar-refractivity contribution >= 4 is 29.2 Å². The Hall–Kier alpha value is -3.57. The number of halogens is 4. The highest BCUT2D eigenvalue weighted by molar-refractivity contribution is 6.33. The molecule has 12 heteroatoms. The lowest BCUT2D eigenvalue weighted by molar-refractivity contribution is -0.189. The molecule has 0 bridgehead atoms. The van der Waals surface area contributed by atoms with Crippen molar-refractivity contribution in [3.8, 4) is 22.8 Å². The smallest absolute Gasteiger partial charge is 0.491 e. The fourth-order valence-electron chi connectivity index (χ4n) is 3.22. The van der Waals surface area contributed by atoms with Gasteiger partial charge in [0.2, 0.25) is 0 Å². The van der Waals surface area contributed by atoms with E-state index in [1.807, 2.05) is 0 Å². The predicted octanol–water partition coefficient (Wildman–Crippen LogP) is 4.36. The molecular weight excluding hydrogens is 489 g/mol. The van der Waals surface area contributed by atoms with Crippen molar-refractivity contribution in [2.24, 2.45) is 12.8 Å². The zero-order valence-corrected chi connectivity index (χ0v) is 19.5. The summed E-state index contributed by atoms with van der Waals surface area (Å²) in [6.07, 6.45) is -3.31. The molecule has 1 heterocycles. The monoisotopic (exact) mass is 510 g/mol. The number of hydrogen-bond acceptors (Lipinski definition) is 6. The van der Waals surface area contributed by atoms with E-state index in [0.717, 1.165) is 0 Å². The van der Waals surface area contributed by atoms with E-state index in [4.69, 9.17) is 22.1 Å². The molecule has 0 radical (unpaired) electrons. The number of aromatic nitrogens is 2. The molecule has 186 valence electrons. The number of anilines is 1. The van der Waals surface area contributed by atoms with Crippen LogP contribution < -0.4 is 20.5 Å². The molecule has 0 fully saturated rings. The van der Waals surface area contributed by atoms with E-state index in [1.54, 1.807) is 38.2 Å². The molecule has 2 aromatic carbocycles. The molecule has 3 N–H and O–H groups in total. The van der Waals surface area contributed by atoms with Gasteiger partial charge in [0.1, 0.15) is 18.1 Å². The highest BCUT2D eigenvalue weighted by Crippen LogP contribution is 2.37. The van der Waals surface area contributed by atoms with Crippen LogP contribution in [0, 0.1) is 0 Å². The lowest BCUT2D eigenvalue weighted by atomic mass is 10.1. The largest absolute Gasteiger partial charge is 0.492 e. The quantitative estimate of drug-likeness (QED) is 0.344. The summed E-state index contributed by atoms with van der Waals surface area (Å²) in [6, 6.07) is 8.79. The molecule has 0 saturated carbocycles. The van der Waals surface area contributed by atoms with E-state index < -0.39 is 23.8 Å². The van der Waals surface area contributed by atoms with Gasteiger partial charge in [-0.3, -0.25) is 9.48 Å². The SMILES string of the molecule is CCc1ccc(C(=O)Nc2ccc(OCCN)c(-c3c(Cl)cnn3C)c2)c(OC(=O)C(F)(F)F)c1. The lowest BCUT2D eigenvalue weighted by Crippen LogP contribution is -2.29. The van der Waals surface area contributed by atoms with E-state index in [1.165, 1.54) is 23.0 Å². The van der Waals surface area contributed by atoms with Gasteiger partial charge >= 0.3 is 12.1 Å². The first-order valence-electron chi connectivity index (χ1n) is 10.4. The zero-order chi connectivity index (χ0) is 25.8. The Morgan fingerprint density at radius 3 is 2.51 bits per heavy atom. The number of hydrogen-bond donors (Lipinski definition) is 2.